The first kappa shape index (κ1) is 12.6. The summed E-state index contributed by atoms with van der Waals surface area (Å²) >= 11 is 0. The summed E-state index contributed by atoms with van der Waals surface area (Å²) in [6.45, 7) is 0. The van der Waals surface area contributed by atoms with Gasteiger partial charge < -0.3 is 6.15 Å². The van der Waals surface area contributed by atoms with Crippen LogP contribution in [0.25, 0.3) is 32.3 Å². The summed E-state index contributed by atoms with van der Waals surface area (Å²) in [5.74, 6) is 0. The fraction of sp³-hybridized carbons (Fsp3) is 0.200. The molecule has 0 atom stereocenters. The molecule has 0 saturated heterocycles. The van der Waals surface area contributed by atoms with E-state index in [-0.39, 0.29) is 6.15 Å². The molecule has 1 heteroatoms. The van der Waals surface area contributed by atoms with Crippen LogP contribution in [0, 0.1) is 0 Å². The summed E-state index contributed by atoms with van der Waals surface area (Å²) in [5.41, 5.74) is 3.06. The van der Waals surface area contributed by atoms with Crippen LogP contribution in [0.15, 0.2) is 48.5 Å². The molecule has 0 amide bonds. The predicted molar refractivity (Wildman–Crippen MR) is 91.8 cm³/mol. The molecular weight excluding hydrogens is 254 g/mol. The predicted octanol–water partition coefficient (Wildman–Crippen LogP) is 5.62. The minimum Gasteiger partial charge on any atom is -0.344 e. The summed E-state index contributed by atoms with van der Waals surface area (Å²) in [4.78, 5) is 0. The van der Waals surface area contributed by atoms with Crippen LogP contribution in [-0.2, 0) is 12.8 Å². The zero-order valence-corrected chi connectivity index (χ0v) is 12.2. The summed E-state index contributed by atoms with van der Waals surface area (Å²) in [5, 5.41) is 8.73. The highest BCUT2D eigenvalue weighted by Crippen LogP contribution is 2.39. The summed E-state index contributed by atoms with van der Waals surface area (Å²) in [7, 11) is 0. The molecule has 0 fully saturated rings. The quantitative estimate of drug-likeness (QED) is 0.414. The van der Waals surface area contributed by atoms with Gasteiger partial charge in [-0.05, 0) is 69.1 Å². The SMILES string of the molecule is N.c1cc2ccc3c4ccc5cc(c(c1)c2c53)CCCC4. The van der Waals surface area contributed by atoms with Crippen LogP contribution in [0.4, 0.5) is 0 Å². The Kier molecular flexibility index (Phi) is 2.66. The van der Waals surface area contributed by atoms with E-state index in [1.807, 2.05) is 0 Å². The summed E-state index contributed by atoms with van der Waals surface area (Å²) in [6, 6.07) is 18.5. The van der Waals surface area contributed by atoms with Gasteiger partial charge in [-0.3, -0.25) is 0 Å². The Balaban J connectivity index is 0.00000115. The van der Waals surface area contributed by atoms with Crippen LogP contribution in [0.2, 0.25) is 0 Å². The number of hydrogen-bond acceptors (Lipinski definition) is 1. The van der Waals surface area contributed by atoms with Gasteiger partial charge in [-0.15, -0.1) is 0 Å². The van der Waals surface area contributed by atoms with Gasteiger partial charge in [0.05, 0.1) is 0 Å². The van der Waals surface area contributed by atoms with Crippen LogP contribution in [0.3, 0.4) is 0 Å². The highest BCUT2D eigenvalue weighted by Gasteiger charge is 2.15. The molecule has 0 spiro atoms. The Hall–Kier alpha value is -2.12. The molecule has 2 aliphatic rings. The minimum atomic E-state index is 0. The number of benzene rings is 4. The molecule has 1 nitrogen and oxygen atoms in total. The van der Waals surface area contributed by atoms with Crippen LogP contribution in [0.1, 0.15) is 24.0 Å². The van der Waals surface area contributed by atoms with E-state index in [4.69, 9.17) is 0 Å². The second-order valence-electron chi connectivity index (χ2n) is 6.08. The van der Waals surface area contributed by atoms with Crippen LogP contribution >= 0.6 is 0 Å². The van der Waals surface area contributed by atoms with E-state index >= 15 is 0 Å². The van der Waals surface area contributed by atoms with E-state index < -0.39 is 0 Å². The fourth-order valence-electron chi connectivity index (χ4n) is 4.02. The normalized spacial score (nSPS) is 14.5. The van der Waals surface area contributed by atoms with Crippen molar-refractivity contribution in [2.45, 2.75) is 25.7 Å². The molecule has 4 aromatic carbocycles. The largest absolute Gasteiger partial charge is 0.344 e. The Morgan fingerprint density at radius 2 is 1.33 bits per heavy atom. The second-order valence-corrected chi connectivity index (χ2v) is 6.08. The smallest absolute Gasteiger partial charge is 0.00238 e. The maximum atomic E-state index is 2.43. The summed E-state index contributed by atoms with van der Waals surface area (Å²) in [6.07, 6.45) is 5.03. The first-order chi connectivity index (χ1) is 9.92. The Bertz CT molecular complexity index is 947. The van der Waals surface area contributed by atoms with E-state index in [1.165, 1.54) is 69.1 Å². The molecule has 0 aromatic heterocycles. The van der Waals surface area contributed by atoms with E-state index in [0.29, 0.717) is 0 Å². The lowest BCUT2D eigenvalue weighted by atomic mass is 9.86. The molecule has 0 aliphatic heterocycles. The van der Waals surface area contributed by atoms with Crippen molar-refractivity contribution in [2.24, 2.45) is 0 Å². The molecule has 0 radical (unpaired) electrons. The molecule has 6 rings (SSSR count). The van der Waals surface area contributed by atoms with Crippen molar-refractivity contribution in [3.63, 3.8) is 0 Å². The number of fused-ring (bicyclic) bond motifs is 4. The van der Waals surface area contributed by atoms with Crippen molar-refractivity contribution in [1.29, 1.82) is 0 Å². The van der Waals surface area contributed by atoms with Gasteiger partial charge in [0.25, 0.3) is 0 Å². The van der Waals surface area contributed by atoms with Crippen LogP contribution in [-0.4, -0.2) is 0 Å². The topological polar surface area (TPSA) is 35.0 Å². The lowest BCUT2D eigenvalue weighted by Gasteiger charge is -2.18. The third kappa shape index (κ3) is 1.61. The summed E-state index contributed by atoms with van der Waals surface area (Å²) < 4.78 is 0. The van der Waals surface area contributed by atoms with Crippen molar-refractivity contribution in [2.75, 3.05) is 0 Å². The molecular formula is C20H19N. The van der Waals surface area contributed by atoms with Crippen molar-refractivity contribution < 1.29 is 0 Å². The first-order valence-corrected chi connectivity index (χ1v) is 7.60. The van der Waals surface area contributed by atoms with E-state index in [1.54, 1.807) is 0 Å². The molecule has 104 valence electrons. The van der Waals surface area contributed by atoms with Gasteiger partial charge in [0.15, 0.2) is 0 Å². The van der Waals surface area contributed by atoms with E-state index in [9.17, 15) is 0 Å². The third-order valence-electron chi connectivity index (χ3n) is 4.96. The molecule has 0 saturated carbocycles. The standard InChI is InChI=1S/C20H16.H3N/c1-2-5-15-12-16-9-8-13(4-1)18-11-10-14-6-3-7-17(15)19(14)20(16)18;/h3,6-12H,1-2,4-5H2;1H3. The number of rotatable bonds is 0. The monoisotopic (exact) mass is 273 g/mol. The van der Waals surface area contributed by atoms with Gasteiger partial charge in [0, 0.05) is 0 Å². The Morgan fingerprint density at radius 3 is 2.24 bits per heavy atom. The van der Waals surface area contributed by atoms with Crippen molar-refractivity contribution in [3.05, 3.63) is 59.7 Å². The van der Waals surface area contributed by atoms with E-state index in [2.05, 4.69) is 48.5 Å². The molecule has 0 heterocycles. The second kappa shape index (κ2) is 4.44. The Morgan fingerprint density at radius 1 is 0.619 bits per heavy atom. The molecule has 0 unspecified atom stereocenters. The molecule has 2 aliphatic carbocycles. The van der Waals surface area contributed by atoms with Gasteiger partial charge >= 0.3 is 0 Å². The third-order valence-corrected chi connectivity index (χ3v) is 4.96. The lowest BCUT2D eigenvalue weighted by Crippen LogP contribution is -1.98. The minimum absolute atomic E-state index is 0. The van der Waals surface area contributed by atoms with Gasteiger partial charge in [-0.1, -0.05) is 48.5 Å². The average molecular weight is 273 g/mol. The van der Waals surface area contributed by atoms with Crippen molar-refractivity contribution in [1.82, 2.24) is 6.15 Å². The number of aryl methyl sites for hydroxylation is 2. The van der Waals surface area contributed by atoms with Crippen molar-refractivity contribution >= 4 is 32.3 Å². The zero-order chi connectivity index (χ0) is 13.1. The highest BCUT2D eigenvalue weighted by atomic mass is 14.2. The van der Waals surface area contributed by atoms with E-state index in [0.717, 1.165) is 0 Å². The Labute approximate surface area is 124 Å². The maximum absolute atomic E-state index is 2.43. The van der Waals surface area contributed by atoms with Gasteiger partial charge in [-0.2, -0.15) is 0 Å². The maximum Gasteiger partial charge on any atom is -0.00238 e. The molecule has 21 heavy (non-hydrogen) atoms. The lowest BCUT2D eigenvalue weighted by molar-refractivity contribution is 0.739. The molecule has 4 bridgehead atoms. The molecule has 4 aromatic rings. The zero-order valence-electron chi connectivity index (χ0n) is 12.2. The first-order valence-electron chi connectivity index (χ1n) is 7.60. The van der Waals surface area contributed by atoms with Gasteiger partial charge in [0.2, 0.25) is 0 Å². The number of hydrogen-bond donors (Lipinski definition) is 1. The van der Waals surface area contributed by atoms with Gasteiger partial charge in [0.1, 0.15) is 0 Å². The van der Waals surface area contributed by atoms with Gasteiger partial charge in [-0.25, -0.2) is 0 Å². The highest BCUT2D eigenvalue weighted by molar-refractivity contribution is 6.24. The average Bonchev–Trinajstić information content (AvgIpc) is 2.52. The van der Waals surface area contributed by atoms with Crippen molar-refractivity contribution in [3.8, 4) is 0 Å². The fourth-order valence-corrected chi connectivity index (χ4v) is 4.02. The van der Waals surface area contributed by atoms with Crippen LogP contribution in [0.5, 0.6) is 0 Å². The van der Waals surface area contributed by atoms with Crippen LogP contribution < -0.4 is 6.15 Å². The molecule has 3 N–H and O–H groups in total.